The highest BCUT2D eigenvalue weighted by molar-refractivity contribution is 6.01. The van der Waals surface area contributed by atoms with Gasteiger partial charge in [-0.15, -0.1) is 0 Å². The first-order chi connectivity index (χ1) is 50.1. The number of fused-ring (bicyclic) bond motifs is 3. The highest BCUT2D eigenvalue weighted by atomic mass is 19.4. The second-order valence-corrected chi connectivity index (χ2v) is 34.5. The van der Waals surface area contributed by atoms with Crippen molar-refractivity contribution in [1.82, 2.24) is 60.0 Å². The molecule has 2 bridgehead atoms. The van der Waals surface area contributed by atoms with Crippen LogP contribution in [0.1, 0.15) is 203 Å². The highest BCUT2D eigenvalue weighted by Crippen LogP contribution is 2.50. The first kappa shape index (κ1) is 87.3. The molecule has 3 N–H and O–H groups in total. The third-order valence-electron chi connectivity index (χ3n) is 24.0. The summed E-state index contributed by atoms with van der Waals surface area (Å²) >= 11 is 0. The monoisotopic (exact) mass is 1510 g/mol. The number of carbonyl (C=O) groups excluding carboxylic acids is 12. The van der Waals surface area contributed by atoms with E-state index in [0.29, 0.717) is 31.6 Å². The third-order valence-corrected chi connectivity index (χ3v) is 24.0. The van der Waals surface area contributed by atoms with E-state index >= 15 is 28.8 Å². The number of alkyl halides is 3. The van der Waals surface area contributed by atoms with E-state index in [1.807, 2.05) is 47.6 Å². The van der Waals surface area contributed by atoms with Gasteiger partial charge in [-0.25, -0.2) is 0 Å². The number of nitrogens with zero attached hydrogens (tertiary/aromatic N) is 9. The molecular formula is C78H127F3N12O14. The van der Waals surface area contributed by atoms with Gasteiger partial charge in [-0.1, -0.05) is 106 Å². The largest absolute Gasteiger partial charge is 0.394 e. The number of halogens is 3. The van der Waals surface area contributed by atoms with E-state index in [2.05, 4.69) is 22.9 Å². The van der Waals surface area contributed by atoms with Gasteiger partial charge in [0.25, 0.3) is 0 Å². The minimum absolute atomic E-state index is 0.00431. The van der Waals surface area contributed by atoms with Gasteiger partial charge in [0.05, 0.1) is 37.6 Å². The van der Waals surface area contributed by atoms with Gasteiger partial charge in [-0.05, 0) is 131 Å². The summed E-state index contributed by atoms with van der Waals surface area (Å²) in [6.07, 6.45) is 3.94. The van der Waals surface area contributed by atoms with Gasteiger partial charge in [-0.2, -0.15) is 13.2 Å². The van der Waals surface area contributed by atoms with Crippen LogP contribution in [-0.2, 0) is 67.0 Å². The predicted molar refractivity (Wildman–Crippen MR) is 396 cm³/mol. The summed E-state index contributed by atoms with van der Waals surface area (Å²) in [5.41, 5.74) is -2.87. The molecule has 4 saturated carbocycles. The van der Waals surface area contributed by atoms with Crippen LogP contribution in [-0.4, -0.2) is 284 Å². The number of hydrogen-bond acceptors (Lipinski definition) is 14. The van der Waals surface area contributed by atoms with E-state index in [1.165, 1.54) is 103 Å². The van der Waals surface area contributed by atoms with Crippen molar-refractivity contribution in [3.05, 3.63) is 12.2 Å². The Balaban J connectivity index is 1.33. The molecule has 0 radical (unpaired) electrons. The minimum atomic E-state index is -4.52. The fourth-order valence-corrected chi connectivity index (χ4v) is 17.9. The van der Waals surface area contributed by atoms with Crippen molar-refractivity contribution in [3.63, 3.8) is 0 Å². The Kier molecular flexibility index (Phi) is 30.4. The maximum Gasteiger partial charge on any atom is 0.394 e. The molecule has 3 heterocycles. The molecule has 12 atom stereocenters. The maximum absolute atomic E-state index is 15.8. The van der Waals surface area contributed by atoms with Crippen molar-refractivity contribution < 1.29 is 80.2 Å². The van der Waals surface area contributed by atoms with E-state index in [9.17, 15) is 41.9 Å². The molecule has 12 amide bonds. The molecule has 7 aliphatic rings. The van der Waals surface area contributed by atoms with E-state index in [1.54, 1.807) is 13.0 Å². The summed E-state index contributed by atoms with van der Waals surface area (Å²) in [7, 11) is 12.8. The molecule has 26 nitrogen and oxygen atoms in total. The van der Waals surface area contributed by atoms with Gasteiger partial charge >= 0.3 is 6.18 Å². The number of amides is 12. The zero-order chi connectivity index (χ0) is 79.5. The lowest BCUT2D eigenvalue weighted by molar-refractivity contribution is -0.215. The van der Waals surface area contributed by atoms with Crippen molar-refractivity contribution in [3.8, 4) is 0 Å². The summed E-state index contributed by atoms with van der Waals surface area (Å²) in [6.45, 7) is 14.2. The normalized spacial score (nSPS) is 31.6. The Bertz CT molecular complexity index is 3200. The lowest BCUT2D eigenvalue weighted by atomic mass is 9.58. The van der Waals surface area contributed by atoms with Gasteiger partial charge in [0, 0.05) is 89.6 Å². The zero-order valence-electron chi connectivity index (χ0n) is 67.0. The van der Waals surface area contributed by atoms with Gasteiger partial charge in [0.15, 0.2) is 0 Å². The number of carbonyl (C=O) groups is 12. The van der Waals surface area contributed by atoms with Crippen LogP contribution < -0.4 is 16.0 Å². The Morgan fingerprint density at radius 3 is 1.88 bits per heavy atom. The topological polar surface area (TPSA) is 289 Å². The second kappa shape index (κ2) is 37.2. The Morgan fingerprint density at radius 2 is 1.29 bits per heavy atom. The molecule has 1 spiro atoms. The third kappa shape index (κ3) is 22.0. The molecule has 29 heteroatoms. The minimum Gasteiger partial charge on any atom is -0.381 e. The quantitative estimate of drug-likeness (QED) is 0.170. The maximum atomic E-state index is 15.8. The van der Waals surface area contributed by atoms with E-state index in [4.69, 9.17) is 9.47 Å². The zero-order valence-corrected chi connectivity index (χ0v) is 67.0. The average molecular weight is 1510 g/mol. The van der Waals surface area contributed by atoms with Crippen LogP contribution in [0.3, 0.4) is 0 Å². The van der Waals surface area contributed by atoms with Crippen LogP contribution in [0.15, 0.2) is 12.2 Å². The molecule has 4 aliphatic carbocycles. The van der Waals surface area contributed by atoms with Crippen LogP contribution in [0.5, 0.6) is 0 Å². The number of likely N-dealkylation sites (N-methyl/N-ethyl adjacent to an activating group) is 7. The molecule has 604 valence electrons. The second-order valence-electron chi connectivity index (χ2n) is 34.5. The lowest BCUT2D eigenvalue weighted by Gasteiger charge is -2.54. The van der Waals surface area contributed by atoms with Gasteiger partial charge in [0.1, 0.15) is 53.9 Å². The lowest BCUT2D eigenvalue weighted by Crippen LogP contribution is -2.71. The van der Waals surface area contributed by atoms with Crippen molar-refractivity contribution in [2.45, 2.75) is 275 Å². The molecular weight excluding hydrogens is 1390 g/mol. The van der Waals surface area contributed by atoms with Crippen molar-refractivity contribution in [1.29, 1.82) is 0 Å². The van der Waals surface area contributed by atoms with E-state index in [-0.39, 0.29) is 109 Å². The van der Waals surface area contributed by atoms with Crippen LogP contribution >= 0.6 is 0 Å². The van der Waals surface area contributed by atoms with Crippen molar-refractivity contribution in [2.75, 3.05) is 96.3 Å². The smallest absolute Gasteiger partial charge is 0.381 e. The summed E-state index contributed by atoms with van der Waals surface area (Å²) in [5.74, 6) is -9.87. The summed E-state index contributed by atoms with van der Waals surface area (Å²) in [6, 6.07) is -10.1. The van der Waals surface area contributed by atoms with Gasteiger partial charge in [-0.3, -0.25) is 57.5 Å². The molecule has 0 aromatic rings. The fraction of sp³-hybridized carbons (Fsp3) is 0.821. The summed E-state index contributed by atoms with van der Waals surface area (Å²) in [4.78, 5) is 194. The Labute approximate surface area is 632 Å². The van der Waals surface area contributed by atoms with Crippen molar-refractivity contribution in [2.24, 2.45) is 40.4 Å². The van der Waals surface area contributed by atoms with Gasteiger partial charge < -0.3 is 69.5 Å². The summed E-state index contributed by atoms with van der Waals surface area (Å²) < 4.78 is 54.6. The average Bonchev–Trinajstić information content (AvgIpc) is 1.29. The first-order valence-electron chi connectivity index (χ1n) is 39.2. The van der Waals surface area contributed by atoms with E-state index in [0.717, 1.165) is 43.4 Å². The van der Waals surface area contributed by atoms with Crippen LogP contribution in [0.25, 0.3) is 0 Å². The predicted octanol–water partition coefficient (Wildman–Crippen LogP) is 6.32. The standard InChI is InChI=1S/C78H127F3N12O14/c1-18-25-55-66(97)83-65(51-26-22-23-27-51)73(104)87(12)45-64(96)89(14)56-28-21-20-24-37-92(72(56)103)59(38-49-31-29-48(3)30-32-49)70(101)86(11)44-62(94)82-54(36-34-50-33-35-53(78(79,80)81)61(39-50)106-17)68(99)93-43-52(107-19-2)40-57(93)67(98)84-77(46-76(7,8)47-77)74(105)91(16)60(42-75(4,5)6)71(102)90(15)58(69(100)85(9)10)41-63(95)88(55)13/h20-21,48-61,65H,18-19,22-47H2,1-17H3,(H,82,94)(H,83,97)(H,84,98)/b21-20-/t48?,49?,50?,52-,53?,54+,55+,56+,57+,58+,59+,60+,61?,65+/m1/s1. The number of ether oxygens (including phenoxy) is 2. The highest BCUT2D eigenvalue weighted by Gasteiger charge is 2.59. The SMILES string of the molecule is CCC[C@H]1C(=O)N[C@@H](C2CCCC2)C(=O)N(C)CC(=O)N(C)[C@H]2C/C=C\CCN(C2=O)[C@@H](CC2CCC(C)CC2)C(=O)N(C)CC(=O)N[C@@H](CCC2CCC(C(F)(F)F)C(OC)C2)C(=O)N2C[C@H](OCC)C[C@H]2C(=O)NC2(CC(C)(C)C2)C(=O)N(C)[C@@H](CC(C)(C)C)C(=O)N(C)[C@H](C(=O)N(C)C)CC(=O)N1C. The Morgan fingerprint density at radius 1 is 0.654 bits per heavy atom. The van der Waals surface area contributed by atoms with E-state index < -0.39 is 185 Å². The first-order valence-corrected chi connectivity index (χ1v) is 39.2. The molecule has 3 unspecified atom stereocenters. The van der Waals surface area contributed by atoms with Gasteiger partial charge in [0.2, 0.25) is 70.9 Å². The number of rotatable bonds is 13. The fourth-order valence-electron chi connectivity index (χ4n) is 17.9. The molecule has 0 aromatic carbocycles. The number of hydrogen-bond donors (Lipinski definition) is 3. The Hall–Kier alpha value is -6.91. The van der Waals surface area contributed by atoms with Crippen LogP contribution in [0, 0.1) is 40.4 Å². The molecule has 3 aliphatic heterocycles. The molecule has 0 aromatic heterocycles. The number of nitrogens with one attached hydrogen (secondary N) is 3. The summed E-state index contributed by atoms with van der Waals surface area (Å²) in [5, 5.41) is 8.94. The van der Waals surface area contributed by atoms with Crippen molar-refractivity contribution >= 4 is 70.9 Å². The van der Waals surface area contributed by atoms with Crippen LogP contribution in [0.4, 0.5) is 13.2 Å². The van der Waals surface area contributed by atoms with Crippen LogP contribution in [0.2, 0.25) is 0 Å². The molecule has 107 heavy (non-hydrogen) atoms. The number of methoxy groups -OCH3 is 1. The molecule has 7 rings (SSSR count). The molecule has 2 saturated heterocycles. The molecule has 6 fully saturated rings.